The van der Waals surface area contributed by atoms with Gasteiger partial charge in [-0.05, 0) is 31.2 Å². The van der Waals surface area contributed by atoms with Crippen molar-refractivity contribution in [2.45, 2.75) is 13.3 Å². The standard InChI is InChI=1S/C16H23N3O2.ClH/c1-3-13-4-6-14(7-5-13)16(21)19-10-8-18(9-11-19)15(20)12-17-2;/h4-7,17H,3,8-12H2,1-2H3;1H. The number of halogens is 1. The van der Waals surface area contributed by atoms with Gasteiger partial charge in [-0.2, -0.15) is 0 Å². The Kier molecular flexibility index (Phi) is 7.35. The molecule has 122 valence electrons. The van der Waals surface area contributed by atoms with Crippen LogP contribution in [0.3, 0.4) is 0 Å². The van der Waals surface area contributed by atoms with Gasteiger partial charge in [0, 0.05) is 31.7 Å². The lowest BCUT2D eigenvalue weighted by Crippen LogP contribution is -2.52. The number of nitrogens with zero attached hydrogens (tertiary/aromatic N) is 2. The first-order valence-electron chi connectivity index (χ1n) is 7.46. The van der Waals surface area contributed by atoms with Crippen LogP contribution >= 0.6 is 12.4 Å². The molecule has 0 spiro atoms. The van der Waals surface area contributed by atoms with E-state index in [4.69, 9.17) is 0 Å². The Hall–Kier alpha value is -1.59. The summed E-state index contributed by atoms with van der Waals surface area (Å²) in [5, 5.41) is 2.86. The molecule has 1 aromatic rings. The first kappa shape index (κ1) is 18.5. The molecule has 2 rings (SSSR count). The van der Waals surface area contributed by atoms with Crippen molar-refractivity contribution in [1.29, 1.82) is 0 Å². The quantitative estimate of drug-likeness (QED) is 0.904. The fourth-order valence-electron chi connectivity index (χ4n) is 2.49. The van der Waals surface area contributed by atoms with Crippen molar-refractivity contribution < 1.29 is 9.59 Å². The maximum absolute atomic E-state index is 12.4. The average molecular weight is 326 g/mol. The van der Waals surface area contributed by atoms with Crippen molar-refractivity contribution in [2.75, 3.05) is 39.8 Å². The van der Waals surface area contributed by atoms with Crippen LogP contribution < -0.4 is 5.32 Å². The van der Waals surface area contributed by atoms with E-state index in [2.05, 4.69) is 12.2 Å². The van der Waals surface area contributed by atoms with Crippen LogP contribution in [0.25, 0.3) is 0 Å². The Morgan fingerprint density at radius 2 is 1.59 bits per heavy atom. The zero-order valence-corrected chi connectivity index (χ0v) is 14.0. The second-order valence-corrected chi connectivity index (χ2v) is 5.25. The zero-order valence-electron chi connectivity index (χ0n) is 13.2. The van der Waals surface area contributed by atoms with E-state index in [1.165, 1.54) is 5.56 Å². The molecular formula is C16H24ClN3O2. The van der Waals surface area contributed by atoms with Crippen molar-refractivity contribution in [3.05, 3.63) is 35.4 Å². The number of carbonyl (C=O) groups excluding carboxylic acids is 2. The Morgan fingerprint density at radius 1 is 1.05 bits per heavy atom. The van der Waals surface area contributed by atoms with Gasteiger partial charge in [-0.15, -0.1) is 12.4 Å². The third-order valence-corrected chi connectivity index (χ3v) is 3.86. The van der Waals surface area contributed by atoms with Crippen LogP contribution in [0.15, 0.2) is 24.3 Å². The van der Waals surface area contributed by atoms with Crippen molar-refractivity contribution in [1.82, 2.24) is 15.1 Å². The van der Waals surface area contributed by atoms with Crippen LogP contribution in [0, 0.1) is 0 Å². The molecule has 0 atom stereocenters. The van der Waals surface area contributed by atoms with E-state index >= 15 is 0 Å². The molecule has 22 heavy (non-hydrogen) atoms. The second-order valence-electron chi connectivity index (χ2n) is 5.25. The van der Waals surface area contributed by atoms with Gasteiger partial charge in [0.05, 0.1) is 6.54 Å². The molecule has 1 aliphatic rings. The molecule has 1 heterocycles. The highest BCUT2D eigenvalue weighted by Gasteiger charge is 2.24. The van der Waals surface area contributed by atoms with E-state index < -0.39 is 0 Å². The van der Waals surface area contributed by atoms with Gasteiger partial charge in [-0.25, -0.2) is 0 Å². The molecule has 0 unspecified atom stereocenters. The number of carbonyl (C=O) groups is 2. The molecule has 6 heteroatoms. The Labute approximate surface area is 138 Å². The molecular weight excluding hydrogens is 302 g/mol. The highest BCUT2D eigenvalue weighted by Crippen LogP contribution is 2.11. The maximum Gasteiger partial charge on any atom is 0.253 e. The first-order valence-corrected chi connectivity index (χ1v) is 7.46. The molecule has 1 aromatic carbocycles. The van der Waals surface area contributed by atoms with Gasteiger partial charge in [-0.1, -0.05) is 19.1 Å². The monoisotopic (exact) mass is 325 g/mol. The summed E-state index contributed by atoms with van der Waals surface area (Å²) >= 11 is 0. The van der Waals surface area contributed by atoms with Crippen LogP contribution in [0.1, 0.15) is 22.8 Å². The van der Waals surface area contributed by atoms with E-state index in [1.54, 1.807) is 11.9 Å². The molecule has 0 aliphatic carbocycles. The summed E-state index contributed by atoms with van der Waals surface area (Å²) in [6.45, 7) is 4.87. The summed E-state index contributed by atoms with van der Waals surface area (Å²) in [4.78, 5) is 27.8. The summed E-state index contributed by atoms with van der Waals surface area (Å²) in [6, 6.07) is 7.78. The van der Waals surface area contributed by atoms with Gasteiger partial charge >= 0.3 is 0 Å². The number of piperazine rings is 1. The zero-order chi connectivity index (χ0) is 15.2. The SMILES string of the molecule is CCc1ccc(C(=O)N2CCN(C(=O)CNC)CC2)cc1.Cl. The largest absolute Gasteiger partial charge is 0.338 e. The first-order chi connectivity index (χ1) is 10.2. The molecule has 1 N–H and O–H groups in total. The maximum atomic E-state index is 12.4. The third-order valence-electron chi connectivity index (χ3n) is 3.86. The Bertz CT molecular complexity index is 497. The minimum atomic E-state index is 0. The third kappa shape index (κ3) is 4.45. The fourth-order valence-corrected chi connectivity index (χ4v) is 2.49. The Balaban J connectivity index is 0.00000242. The molecule has 0 radical (unpaired) electrons. The van der Waals surface area contributed by atoms with Crippen LogP contribution in [0.4, 0.5) is 0 Å². The summed E-state index contributed by atoms with van der Waals surface area (Å²) in [6.07, 6.45) is 0.973. The van der Waals surface area contributed by atoms with Crippen LogP contribution in [-0.2, 0) is 11.2 Å². The second kappa shape index (κ2) is 8.76. The molecule has 0 aromatic heterocycles. The molecule has 0 saturated carbocycles. The van der Waals surface area contributed by atoms with Gasteiger partial charge in [0.15, 0.2) is 0 Å². The van der Waals surface area contributed by atoms with Gasteiger partial charge in [0.1, 0.15) is 0 Å². The summed E-state index contributed by atoms with van der Waals surface area (Å²) in [5.74, 6) is 0.148. The molecule has 0 bridgehead atoms. The predicted octanol–water partition coefficient (Wildman–Crippen LogP) is 1.17. The number of aryl methyl sites for hydroxylation is 1. The number of hydrogen-bond donors (Lipinski definition) is 1. The fraction of sp³-hybridized carbons (Fsp3) is 0.500. The van der Waals surface area contributed by atoms with Crippen LogP contribution in [0.2, 0.25) is 0 Å². The van der Waals surface area contributed by atoms with Gasteiger partial charge in [0.2, 0.25) is 5.91 Å². The van der Waals surface area contributed by atoms with E-state index in [0.29, 0.717) is 32.7 Å². The molecule has 2 amide bonds. The minimum Gasteiger partial charge on any atom is -0.338 e. The lowest BCUT2D eigenvalue weighted by molar-refractivity contribution is -0.131. The lowest BCUT2D eigenvalue weighted by atomic mass is 10.1. The highest BCUT2D eigenvalue weighted by atomic mass is 35.5. The molecule has 5 nitrogen and oxygen atoms in total. The number of nitrogens with one attached hydrogen (secondary N) is 1. The molecule has 1 aliphatic heterocycles. The van der Waals surface area contributed by atoms with Gasteiger partial charge in [0.25, 0.3) is 5.91 Å². The lowest BCUT2D eigenvalue weighted by Gasteiger charge is -2.34. The summed E-state index contributed by atoms with van der Waals surface area (Å²) < 4.78 is 0. The van der Waals surface area contributed by atoms with E-state index in [0.717, 1.165) is 12.0 Å². The highest BCUT2D eigenvalue weighted by molar-refractivity contribution is 5.94. The average Bonchev–Trinajstić information content (AvgIpc) is 2.54. The van der Waals surface area contributed by atoms with E-state index in [1.807, 2.05) is 29.2 Å². The summed E-state index contributed by atoms with van der Waals surface area (Å²) in [7, 11) is 1.76. The van der Waals surface area contributed by atoms with E-state index in [-0.39, 0.29) is 24.2 Å². The van der Waals surface area contributed by atoms with Crippen molar-refractivity contribution in [3.8, 4) is 0 Å². The normalized spacial score (nSPS) is 14.5. The smallest absolute Gasteiger partial charge is 0.253 e. The number of hydrogen-bond acceptors (Lipinski definition) is 3. The molecule has 1 fully saturated rings. The topological polar surface area (TPSA) is 52.7 Å². The van der Waals surface area contributed by atoms with E-state index in [9.17, 15) is 9.59 Å². The van der Waals surface area contributed by atoms with Crippen LogP contribution in [-0.4, -0.2) is 61.4 Å². The van der Waals surface area contributed by atoms with Gasteiger partial charge < -0.3 is 15.1 Å². The van der Waals surface area contributed by atoms with Crippen molar-refractivity contribution >= 4 is 24.2 Å². The minimum absolute atomic E-state index is 0. The predicted molar refractivity (Wildman–Crippen MR) is 89.5 cm³/mol. The van der Waals surface area contributed by atoms with Crippen molar-refractivity contribution in [2.24, 2.45) is 0 Å². The van der Waals surface area contributed by atoms with Crippen LogP contribution in [0.5, 0.6) is 0 Å². The van der Waals surface area contributed by atoms with Crippen molar-refractivity contribution in [3.63, 3.8) is 0 Å². The summed E-state index contributed by atoms with van der Waals surface area (Å²) in [5.41, 5.74) is 1.95. The van der Waals surface area contributed by atoms with Gasteiger partial charge in [-0.3, -0.25) is 9.59 Å². The number of rotatable bonds is 4. The number of amides is 2. The molecule has 1 saturated heterocycles. The number of benzene rings is 1. The Morgan fingerprint density at radius 3 is 2.09 bits per heavy atom. The number of likely N-dealkylation sites (N-methyl/N-ethyl adjacent to an activating group) is 1.